The Hall–Kier alpha value is -3.72. The van der Waals surface area contributed by atoms with Crippen molar-refractivity contribution in [1.29, 1.82) is 0 Å². The smallest absolute Gasteiger partial charge is 0.367 e. The van der Waals surface area contributed by atoms with Crippen LogP contribution in [-0.4, -0.2) is 142 Å². The SMILES string of the molecule is CSCCNc1nc(SCCC(F)(F)F)nc2c1ncn2[C@@H]1O[C@H](COP(=O)(O)OP(=O)(O)OP(=O)(O)OP(=O)(O)OC[C@H]2O[C@@H](n3ccc(=O)[nH]c3=O)[C@@H]3OC(Cc4ccccc4)O[C@@H]32)[C@H]2OC(Cc3ccccc3)O[C@H]21. The van der Waals surface area contributed by atoms with Crippen LogP contribution in [-0.2, 0) is 81.5 Å². The van der Waals surface area contributed by atoms with Gasteiger partial charge in [0.2, 0.25) is 0 Å². The maximum absolute atomic E-state index is 13.2. The van der Waals surface area contributed by atoms with E-state index in [9.17, 15) is 60.6 Å². The number of fused-ring (bicyclic) bond motifs is 3. The summed E-state index contributed by atoms with van der Waals surface area (Å²) >= 11 is 2.27. The Morgan fingerprint density at radius 3 is 1.72 bits per heavy atom. The molecule has 0 bridgehead atoms. The van der Waals surface area contributed by atoms with Gasteiger partial charge in [0.1, 0.15) is 36.6 Å². The van der Waals surface area contributed by atoms with E-state index in [4.69, 9.17) is 37.5 Å². The van der Waals surface area contributed by atoms with Gasteiger partial charge in [0.25, 0.3) is 5.56 Å². The monoisotopic (exact) mass is 1220 g/mol. The molecule has 9 rings (SSSR count). The third kappa shape index (κ3) is 15.0. The molecule has 0 radical (unpaired) electrons. The van der Waals surface area contributed by atoms with E-state index in [1.807, 2.05) is 6.26 Å². The number of thioether (sulfide) groups is 2. The Morgan fingerprint density at radius 2 is 1.21 bits per heavy atom. The van der Waals surface area contributed by atoms with E-state index < -0.39 is 136 Å². The molecule has 7 heterocycles. The number of alkyl halides is 3. The third-order valence-electron chi connectivity index (χ3n) is 11.7. The van der Waals surface area contributed by atoms with Gasteiger partial charge >= 0.3 is 43.2 Å². The Labute approximate surface area is 447 Å². The maximum Gasteiger partial charge on any atom is 0.490 e. The molecule has 0 amide bonds. The highest BCUT2D eigenvalue weighted by Gasteiger charge is 2.57. The molecule has 2 aromatic carbocycles. The molecule has 14 atom stereocenters. The third-order valence-corrected chi connectivity index (χ3v) is 19.1. The van der Waals surface area contributed by atoms with Crippen LogP contribution in [0.15, 0.2) is 94.0 Å². The highest BCUT2D eigenvalue weighted by Crippen LogP contribution is 2.71. The van der Waals surface area contributed by atoms with Crippen molar-refractivity contribution in [3.63, 3.8) is 0 Å². The molecule has 6 unspecified atom stereocenters. The van der Waals surface area contributed by atoms with Crippen LogP contribution in [0.2, 0.25) is 0 Å². The summed E-state index contributed by atoms with van der Waals surface area (Å²) in [5, 5.41) is 3.09. The molecule has 4 fully saturated rings. The summed E-state index contributed by atoms with van der Waals surface area (Å²) in [4.78, 5) is 81.8. The van der Waals surface area contributed by atoms with Gasteiger partial charge in [-0.1, -0.05) is 72.4 Å². The fraction of sp³-hybridized carbons (Fsp3) is 0.488. The van der Waals surface area contributed by atoms with Gasteiger partial charge in [-0.15, -0.1) is 0 Å². The molecule has 78 heavy (non-hydrogen) atoms. The van der Waals surface area contributed by atoms with Gasteiger partial charge in [0.15, 0.2) is 47.2 Å². The van der Waals surface area contributed by atoms with Crippen LogP contribution in [0.4, 0.5) is 19.0 Å². The lowest BCUT2D eigenvalue weighted by atomic mass is 10.1. The van der Waals surface area contributed by atoms with Gasteiger partial charge in [-0.3, -0.25) is 28.0 Å². The van der Waals surface area contributed by atoms with Crippen molar-refractivity contribution in [3.8, 4) is 0 Å². The van der Waals surface area contributed by atoms with E-state index in [1.165, 1.54) is 22.7 Å². The minimum Gasteiger partial charge on any atom is -0.367 e. The number of phosphoric acid groups is 4. The van der Waals surface area contributed by atoms with Crippen molar-refractivity contribution in [2.75, 3.05) is 42.8 Å². The van der Waals surface area contributed by atoms with Gasteiger partial charge in [-0.05, 0) is 17.4 Å². The molecule has 3 aromatic heterocycles. The zero-order valence-corrected chi connectivity index (χ0v) is 45.4. The summed E-state index contributed by atoms with van der Waals surface area (Å²) in [5.74, 6) is 0.439. The number of nitrogens with zero attached hydrogens (tertiary/aromatic N) is 5. The number of aromatic nitrogens is 6. The quantitative estimate of drug-likeness (QED) is 0.0190. The Bertz CT molecular complexity index is 3230. The van der Waals surface area contributed by atoms with Gasteiger partial charge in [0, 0.05) is 43.2 Å². The molecule has 28 nitrogen and oxygen atoms in total. The number of benzene rings is 2. The highest BCUT2D eigenvalue weighted by molar-refractivity contribution is 7.99. The number of nitrogens with one attached hydrogen (secondary N) is 2. The minimum atomic E-state index is -6.29. The summed E-state index contributed by atoms with van der Waals surface area (Å²) < 4.78 is 153. The van der Waals surface area contributed by atoms with Gasteiger partial charge in [0.05, 0.1) is 26.0 Å². The lowest BCUT2D eigenvalue weighted by molar-refractivity contribution is -0.150. The molecule has 4 saturated heterocycles. The summed E-state index contributed by atoms with van der Waals surface area (Å²) in [7, 11) is -24.3. The van der Waals surface area contributed by atoms with Crippen LogP contribution in [0.5, 0.6) is 0 Å². The average Bonchev–Trinajstić information content (AvgIpc) is 4.38. The maximum atomic E-state index is 13.2. The topological polar surface area (TPSA) is 361 Å². The van der Waals surface area contributed by atoms with Gasteiger partial charge in [-0.2, -0.15) is 37.9 Å². The standard InChI is InChI=1S/C41H48F3N7O21P4S2/c1-77-17-14-45-35-30-36(49-39(48-35)78-16-13-41(42,43)44)51(22-46-30)38-34-32(67-29(69-34)19-24-10-6-3-7-11-24)26(65-38)21-63-74(56,57)71-76(60,61)72-75(58,59)70-73(54,55)62-20-25-31-33(37(64-25)50-15-12-27(52)47-40(50)53)68-28(66-31)18-23-8-4-2-5-9-23/h2-12,15,22,25-26,28-29,31-34,37-38H,13-14,16-21H2,1H3,(H,54,55)(H,56,57)(H,58,59)(H,60,61)(H,45,48,49)(H,47,52,53)/t25-,26-,28?,29?,31-,32-,33-,34-,37-,38-/m1/s1. The summed E-state index contributed by atoms with van der Waals surface area (Å²) in [6.45, 7) is -1.57. The molecule has 4 aliphatic rings. The van der Waals surface area contributed by atoms with E-state index in [-0.39, 0.29) is 35.0 Å². The van der Waals surface area contributed by atoms with Crippen molar-refractivity contribution >= 4 is 71.8 Å². The second kappa shape index (κ2) is 24.4. The summed E-state index contributed by atoms with van der Waals surface area (Å²) in [5.41, 5.74) is 0.231. The second-order valence-corrected chi connectivity index (χ2v) is 25.6. The largest absolute Gasteiger partial charge is 0.490 e. The van der Waals surface area contributed by atoms with Gasteiger partial charge in [-0.25, -0.2) is 38.0 Å². The highest BCUT2D eigenvalue weighted by atomic mass is 32.2. The molecule has 6 N–H and O–H groups in total. The van der Waals surface area contributed by atoms with Crippen LogP contribution < -0.4 is 16.6 Å². The second-order valence-electron chi connectivity index (χ2n) is 17.3. The van der Waals surface area contributed by atoms with E-state index in [2.05, 4.69) is 38.2 Å². The Morgan fingerprint density at radius 1 is 0.692 bits per heavy atom. The van der Waals surface area contributed by atoms with E-state index >= 15 is 0 Å². The fourth-order valence-corrected chi connectivity index (χ4v) is 14.6. The molecule has 0 aliphatic carbocycles. The summed E-state index contributed by atoms with van der Waals surface area (Å²) in [6.07, 6.45) is -12.5. The van der Waals surface area contributed by atoms with Crippen molar-refractivity contribution < 1.29 is 101 Å². The Kier molecular flexibility index (Phi) is 18.4. The summed E-state index contributed by atoms with van der Waals surface area (Å²) in [6, 6.07) is 18.9. The first-order chi connectivity index (χ1) is 36.9. The molecular weight excluding hydrogens is 1170 g/mol. The van der Waals surface area contributed by atoms with Crippen molar-refractivity contribution in [3.05, 3.63) is 111 Å². The number of halogens is 3. The predicted molar refractivity (Wildman–Crippen MR) is 265 cm³/mol. The number of hydrogen-bond acceptors (Lipinski definition) is 23. The normalized spacial score (nSPS) is 28.2. The first kappa shape index (κ1) is 58.9. The molecular formula is C41H48F3N7O21P4S2. The number of imidazole rings is 1. The van der Waals surface area contributed by atoms with Crippen molar-refractivity contribution in [2.24, 2.45) is 0 Å². The minimum absolute atomic E-state index is 0.0288. The fourth-order valence-electron chi connectivity index (χ4n) is 8.55. The molecule has 0 saturated carbocycles. The Balaban J connectivity index is 0.852. The predicted octanol–water partition coefficient (Wildman–Crippen LogP) is 5.18. The first-order valence-electron chi connectivity index (χ1n) is 23.2. The number of anilines is 1. The number of ether oxygens (including phenoxy) is 6. The van der Waals surface area contributed by atoms with Crippen LogP contribution in [0, 0.1) is 0 Å². The molecule has 4 aliphatic heterocycles. The van der Waals surface area contributed by atoms with Crippen molar-refractivity contribution in [1.82, 2.24) is 29.1 Å². The molecule has 0 spiro atoms. The zero-order valence-electron chi connectivity index (χ0n) is 40.1. The van der Waals surface area contributed by atoms with E-state index in [0.717, 1.165) is 39.7 Å². The zero-order chi connectivity index (χ0) is 55.6. The number of hydrogen-bond donors (Lipinski definition) is 6. The lowest BCUT2D eigenvalue weighted by Gasteiger charge is -2.23. The number of phosphoric ester groups is 2. The van der Waals surface area contributed by atoms with E-state index in [1.54, 1.807) is 60.7 Å². The van der Waals surface area contributed by atoms with E-state index in [0.29, 0.717) is 12.3 Å². The molecule has 5 aromatic rings. The van der Waals surface area contributed by atoms with Crippen molar-refractivity contribution in [2.45, 2.75) is 92.3 Å². The first-order valence-corrected chi connectivity index (χ1v) is 31.5. The number of rotatable bonds is 25. The number of H-pyrrole nitrogens is 1. The van der Waals surface area contributed by atoms with Crippen LogP contribution in [0.25, 0.3) is 11.2 Å². The molecule has 426 valence electrons. The number of aromatic amines is 1. The van der Waals surface area contributed by atoms with Crippen LogP contribution in [0.1, 0.15) is 30.0 Å². The van der Waals surface area contributed by atoms with Crippen LogP contribution >= 0.6 is 54.8 Å². The van der Waals surface area contributed by atoms with Crippen LogP contribution in [0.3, 0.4) is 0 Å². The average molecular weight is 1220 g/mol. The van der Waals surface area contributed by atoms with Gasteiger partial charge < -0.3 is 53.3 Å². The lowest BCUT2D eigenvalue weighted by Crippen LogP contribution is -2.36. The molecule has 37 heteroatoms.